The first-order valence-corrected chi connectivity index (χ1v) is 9.18. The van der Waals surface area contributed by atoms with Crippen molar-refractivity contribution in [1.29, 1.82) is 0 Å². The van der Waals surface area contributed by atoms with Crippen molar-refractivity contribution in [3.05, 3.63) is 27.8 Å². The van der Waals surface area contributed by atoms with Crippen LogP contribution in [-0.4, -0.2) is 47.9 Å². The van der Waals surface area contributed by atoms with Gasteiger partial charge in [0, 0.05) is 21.6 Å². The molecular weight excluding hydrogens is 401 g/mol. The molecule has 1 aliphatic rings. The Bertz CT molecular complexity index is 573. The fourth-order valence-electron chi connectivity index (χ4n) is 1.81. The van der Waals surface area contributed by atoms with Gasteiger partial charge in [-0.15, -0.1) is 0 Å². The summed E-state index contributed by atoms with van der Waals surface area (Å²) in [5.74, 6) is -0.187. The van der Waals surface area contributed by atoms with E-state index in [1.165, 1.54) is 23.9 Å². The number of aliphatic carboxylic acids is 1. The Morgan fingerprint density at radius 1 is 1.37 bits per heavy atom. The molecule has 1 aromatic rings. The maximum Gasteiger partial charge on any atom is 0.322 e. The number of halogens is 1. The number of hydrogen-bond acceptors (Lipinski definition) is 4. The SMILES string of the molecule is O=C(O)C1CSCCN1S(=O)(=O)c1ccc(I)cc1. The quantitative estimate of drug-likeness (QED) is 0.761. The van der Waals surface area contributed by atoms with Crippen molar-refractivity contribution in [2.24, 2.45) is 0 Å². The Labute approximate surface area is 129 Å². The zero-order chi connectivity index (χ0) is 14.0. The fraction of sp³-hybridized carbons (Fsp3) is 0.364. The summed E-state index contributed by atoms with van der Waals surface area (Å²) in [5.41, 5.74) is 0. The van der Waals surface area contributed by atoms with Crippen molar-refractivity contribution in [3.8, 4) is 0 Å². The average molecular weight is 413 g/mol. The van der Waals surface area contributed by atoms with E-state index < -0.39 is 22.0 Å². The summed E-state index contributed by atoms with van der Waals surface area (Å²) in [6.07, 6.45) is 0. The van der Waals surface area contributed by atoms with Crippen molar-refractivity contribution in [3.63, 3.8) is 0 Å². The fourth-order valence-corrected chi connectivity index (χ4v) is 5.00. The second-order valence-corrected chi connectivity index (χ2v) is 8.28. The van der Waals surface area contributed by atoms with Crippen molar-refractivity contribution in [1.82, 2.24) is 4.31 Å². The van der Waals surface area contributed by atoms with Crippen LogP contribution in [0.4, 0.5) is 0 Å². The predicted octanol–water partition coefficient (Wildman–Crippen LogP) is 1.48. The van der Waals surface area contributed by atoms with Gasteiger partial charge in [0.2, 0.25) is 10.0 Å². The molecule has 0 spiro atoms. The summed E-state index contributed by atoms with van der Waals surface area (Å²) in [4.78, 5) is 11.3. The van der Waals surface area contributed by atoms with Crippen LogP contribution in [0.5, 0.6) is 0 Å². The molecule has 0 radical (unpaired) electrons. The van der Waals surface area contributed by atoms with Gasteiger partial charge in [-0.1, -0.05) is 0 Å². The van der Waals surface area contributed by atoms with Crippen LogP contribution in [0.2, 0.25) is 0 Å². The number of carbonyl (C=O) groups is 1. The Morgan fingerprint density at radius 2 is 2.00 bits per heavy atom. The van der Waals surface area contributed by atoms with E-state index in [0.29, 0.717) is 11.5 Å². The van der Waals surface area contributed by atoms with Crippen LogP contribution in [-0.2, 0) is 14.8 Å². The van der Waals surface area contributed by atoms with Gasteiger partial charge in [-0.2, -0.15) is 16.1 Å². The first kappa shape index (κ1) is 15.1. The molecule has 104 valence electrons. The Balaban J connectivity index is 2.37. The van der Waals surface area contributed by atoms with Crippen LogP contribution in [0.1, 0.15) is 0 Å². The van der Waals surface area contributed by atoms with Crippen molar-refractivity contribution in [2.75, 3.05) is 18.1 Å². The molecule has 5 nitrogen and oxygen atoms in total. The van der Waals surface area contributed by atoms with Gasteiger partial charge in [-0.3, -0.25) is 4.79 Å². The molecule has 19 heavy (non-hydrogen) atoms. The van der Waals surface area contributed by atoms with E-state index in [-0.39, 0.29) is 11.4 Å². The van der Waals surface area contributed by atoms with E-state index in [0.717, 1.165) is 7.88 Å². The second-order valence-electron chi connectivity index (χ2n) is 4.00. The lowest BCUT2D eigenvalue weighted by atomic mass is 10.3. The van der Waals surface area contributed by atoms with Gasteiger partial charge in [0.05, 0.1) is 4.90 Å². The van der Waals surface area contributed by atoms with Crippen molar-refractivity contribution < 1.29 is 18.3 Å². The van der Waals surface area contributed by atoms with E-state index in [2.05, 4.69) is 22.6 Å². The number of carboxylic acid groups (broad SMARTS) is 1. The summed E-state index contributed by atoms with van der Waals surface area (Å²) in [6.45, 7) is 0.232. The number of hydrogen-bond donors (Lipinski definition) is 1. The molecular formula is C11H12INO4S2. The summed E-state index contributed by atoms with van der Waals surface area (Å²) in [6, 6.07) is 5.43. The van der Waals surface area contributed by atoms with E-state index in [9.17, 15) is 13.2 Å². The number of nitrogens with zero attached hydrogens (tertiary/aromatic N) is 1. The number of rotatable bonds is 3. The van der Waals surface area contributed by atoms with Gasteiger partial charge in [-0.25, -0.2) is 8.42 Å². The molecule has 1 saturated heterocycles. The van der Waals surface area contributed by atoms with E-state index in [1.54, 1.807) is 12.1 Å². The third-order valence-electron chi connectivity index (χ3n) is 2.78. The van der Waals surface area contributed by atoms with E-state index in [4.69, 9.17) is 5.11 Å². The highest BCUT2D eigenvalue weighted by molar-refractivity contribution is 14.1. The lowest BCUT2D eigenvalue weighted by Crippen LogP contribution is -2.50. The number of sulfonamides is 1. The van der Waals surface area contributed by atoms with Crippen molar-refractivity contribution >= 4 is 50.3 Å². The van der Waals surface area contributed by atoms with Gasteiger partial charge >= 0.3 is 5.97 Å². The second kappa shape index (κ2) is 5.98. The molecule has 1 atom stereocenters. The minimum Gasteiger partial charge on any atom is -0.480 e. The molecule has 1 N–H and O–H groups in total. The number of benzene rings is 1. The molecule has 0 aliphatic carbocycles. The predicted molar refractivity (Wildman–Crippen MR) is 81.8 cm³/mol. The van der Waals surface area contributed by atoms with Gasteiger partial charge < -0.3 is 5.11 Å². The maximum atomic E-state index is 12.5. The highest BCUT2D eigenvalue weighted by Crippen LogP contribution is 2.25. The third-order valence-corrected chi connectivity index (χ3v) is 6.45. The standard InChI is InChI=1S/C11H12INO4S2/c12-8-1-3-9(4-2-8)19(16,17)13-5-6-18-7-10(13)11(14)15/h1-4,10H,5-7H2,(H,14,15). The summed E-state index contributed by atoms with van der Waals surface area (Å²) < 4.78 is 27.0. The zero-order valence-corrected chi connectivity index (χ0v) is 13.6. The molecule has 1 aliphatic heterocycles. The number of carboxylic acids is 1. The minimum absolute atomic E-state index is 0.145. The molecule has 1 unspecified atom stereocenters. The van der Waals surface area contributed by atoms with Crippen LogP contribution >= 0.6 is 34.4 Å². The topological polar surface area (TPSA) is 74.7 Å². The van der Waals surface area contributed by atoms with E-state index >= 15 is 0 Å². The molecule has 0 bridgehead atoms. The molecule has 0 saturated carbocycles. The van der Waals surface area contributed by atoms with E-state index in [1.807, 2.05) is 0 Å². The first-order chi connectivity index (χ1) is 8.93. The highest BCUT2D eigenvalue weighted by Gasteiger charge is 2.37. The minimum atomic E-state index is -3.74. The number of thioether (sulfide) groups is 1. The average Bonchev–Trinajstić information content (AvgIpc) is 2.39. The maximum absolute atomic E-state index is 12.5. The normalized spacial score (nSPS) is 21.2. The summed E-state index contributed by atoms with van der Waals surface area (Å²) >= 11 is 3.55. The van der Waals surface area contributed by atoms with Gasteiger partial charge in [0.15, 0.2) is 0 Å². The molecule has 1 aromatic carbocycles. The summed E-state index contributed by atoms with van der Waals surface area (Å²) in [5, 5.41) is 9.14. The molecule has 0 aromatic heterocycles. The lowest BCUT2D eigenvalue weighted by molar-refractivity contribution is -0.140. The van der Waals surface area contributed by atoms with Crippen molar-refractivity contribution in [2.45, 2.75) is 10.9 Å². The van der Waals surface area contributed by atoms with Gasteiger partial charge in [-0.05, 0) is 46.9 Å². The van der Waals surface area contributed by atoms with Gasteiger partial charge in [0.1, 0.15) is 6.04 Å². The smallest absolute Gasteiger partial charge is 0.322 e. The van der Waals surface area contributed by atoms with Crippen LogP contribution in [0.15, 0.2) is 29.2 Å². The highest BCUT2D eigenvalue weighted by atomic mass is 127. The van der Waals surface area contributed by atoms with Gasteiger partial charge in [0.25, 0.3) is 0 Å². The Kier molecular flexibility index (Phi) is 4.75. The largest absolute Gasteiger partial charge is 0.480 e. The monoisotopic (exact) mass is 413 g/mol. The molecule has 8 heteroatoms. The van der Waals surface area contributed by atoms with Crippen LogP contribution in [0.25, 0.3) is 0 Å². The third kappa shape index (κ3) is 3.23. The van der Waals surface area contributed by atoms with Crippen LogP contribution in [0.3, 0.4) is 0 Å². The summed E-state index contributed by atoms with van der Waals surface area (Å²) in [7, 11) is -3.74. The molecule has 1 fully saturated rings. The lowest BCUT2D eigenvalue weighted by Gasteiger charge is -2.31. The molecule has 0 amide bonds. The zero-order valence-electron chi connectivity index (χ0n) is 9.82. The van der Waals surface area contributed by atoms with Crippen LogP contribution < -0.4 is 0 Å². The molecule has 1 heterocycles. The van der Waals surface area contributed by atoms with Crippen LogP contribution in [0, 0.1) is 3.57 Å². The Morgan fingerprint density at radius 3 is 2.58 bits per heavy atom. The molecule has 2 rings (SSSR count). The Hall–Kier alpha value is -0.320. The first-order valence-electron chi connectivity index (χ1n) is 5.51.